The van der Waals surface area contributed by atoms with Crippen LogP contribution in [0.25, 0.3) is 0 Å². The molecule has 4 heteroatoms. The highest BCUT2D eigenvalue weighted by Gasteiger charge is 2.13. The molecule has 68 valence electrons. The van der Waals surface area contributed by atoms with Crippen LogP contribution in [-0.4, -0.2) is 20.2 Å². The van der Waals surface area contributed by atoms with Crippen LogP contribution in [0, 0.1) is 0 Å². The molecule has 11 heavy (non-hydrogen) atoms. The van der Waals surface area contributed by atoms with E-state index in [0.29, 0.717) is 6.54 Å². The molecular weight excluding hydrogens is 162 g/mol. The number of nitrogens with one attached hydrogen (secondary N) is 1. The SMILES string of the molecule is CCCCNS(=O)(=O)C(C)C. The Kier molecular flexibility index (Phi) is 4.68. The minimum Gasteiger partial charge on any atom is -0.215 e. The number of unbranched alkanes of at least 4 members (excludes halogenated alkanes) is 1. The summed E-state index contributed by atoms with van der Waals surface area (Å²) in [5.41, 5.74) is 0. The Labute approximate surface area is 69.2 Å². The Morgan fingerprint density at radius 1 is 1.36 bits per heavy atom. The summed E-state index contributed by atoms with van der Waals surface area (Å²) < 4.78 is 24.7. The average Bonchev–Trinajstić information content (AvgIpc) is 1.88. The van der Waals surface area contributed by atoms with E-state index in [4.69, 9.17) is 0 Å². The monoisotopic (exact) mass is 179 g/mol. The van der Waals surface area contributed by atoms with Crippen LogP contribution in [0.15, 0.2) is 0 Å². The molecule has 3 nitrogen and oxygen atoms in total. The molecule has 0 bridgehead atoms. The summed E-state index contributed by atoms with van der Waals surface area (Å²) in [6, 6.07) is 0. The van der Waals surface area contributed by atoms with Gasteiger partial charge in [-0.2, -0.15) is 0 Å². The number of rotatable bonds is 5. The van der Waals surface area contributed by atoms with E-state index in [1.165, 1.54) is 0 Å². The fourth-order valence-electron chi connectivity index (χ4n) is 0.558. The van der Waals surface area contributed by atoms with Crippen molar-refractivity contribution in [1.82, 2.24) is 4.72 Å². The third kappa shape index (κ3) is 4.37. The lowest BCUT2D eigenvalue weighted by atomic mass is 10.3. The molecule has 0 aromatic heterocycles. The summed E-state index contributed by atoms with van der Waals surface area (Å²) >= 11 is 0. The maximum atomic E-state index is 11.1. The molecule has 0 spiro atoms. The van der Waals surface area contributed by atoms with Gasteiger partial charge in [-0.25, -0.2) is 13.1 Å². The summed E-state index contributed by atoms with van der Waals surface area (Å²) in [4.78, 5) is 0. The molecule has 0 aromatic carbocycles. The highest BCUT2D eigenvalue weighted by atomic mass is 32.2. The molecule has 0 rings (SSSR count). The van der Waals surface area contributed by atoms with Crippen molar-refractivity contribution in [2.45, 2.75) is 38.9 Å². The van der Waals surface area contributed by atoms with Gasteiger partial charge in [0.25, 0.3) is 0 Å². The lowest BCUT2D eigenvalue weighted by Gasteiger charge is -2.07. The van der Waals surface area contributed by atoms with E-state index in [-0.39, 0.29) is 5.25 Å². The van der Waals surface area contributed by atoms with Crippen LogP contribution in [0.2, 0.25) is 0 Å². The Hall–Kier alpha value is -0.0900. The van der Waals surface area contributed by atoms with Crippen molar-refractivity contribution < 1.29 is 8.42 Å². The fourth-order valence-corrected chi connectivity index (χ4v) is 1.32. The Balaban J connectivity index is 3.75. The minimum atomic E-state index is -3.02. The molecule has 0 fully saturated rings. The standard InChI is InChI=1S/C7H17NO2S/c1-4-5-6-8-11(9,10)7(2)3/h7-8H,4-6H2,1-3H3. The molecule has 0 aliphatic carbocycles. The van der Waals surface area contributed by atoms with Gasteiger partial charge in [-0.1, -0.05) is 13.3 Å². The normalized spacial score (nSPS) is 12.4. The maximum Gasteiger partial charge on any atom is 0.213 e. The second-order valence-corrected chi connectivity index (χ2v) is 5.16. The number of hydrogen-bond acceptors (Lipinski definition) is 2. The van der Waals surface area contributed by atoms with Crippen LogP contribution in [0.4, 0.5) is 0 Å². The third-order valence-electron chi connectivity index (χ3n) is 1.45. The van der Waals surface area contributed by atoms with Gasteiger partial charge in [0.05, 0.1) is 5.25 Å². The highest BCUT2D eigenvalue weighted by molar-refractivity contribution is 7.90. The molecule has 0 aliphatic heterocycles. The van der Waals surface area contributed by atoms with E-state index >= 15 is 0 Å². The van der Waals surface area contributed by atoms with Crippen molar-refractivity contribution >= 4 is 10.0 Å². The van der Waals surface area contributed by atoms with Gasteiger partial charge < -0.3 is 0 Å². The minimum absolute atomic E-state index is 0.320. The molecule has 0 saturated heterocycles. The molecule has 0 amide bonds. The quantitative estimate of drug-likeness (QED) is 0.643. The summed E-state index contributed by atoms with van der Waals surface area (Å²) in [5, 5.41) is -0.320. The third-order valence-corrected chi connectivity index (χ3v) is 3.30. The van der Waals surface area contributed by atoms with Gasteiger partial charge in [0.2, 0.25) is 10.0 Å². The van der Waals surface area contributed by atoms with Gasteiger partial charge in [0.1, 0.15) is 0 Å². The van der Waals surface area contributed by atoms with Crippen LogP contribution < -0.4 is 4.72 Å². The smallest absolute Gasteiger partial charge is 0.213 e. The van der Waals surface area contributed by atoms with Crippen molar-refractivity contribution in [2.75, 3.05) is 6.54 Å². The first kappa shape index (κ1) is 10.9. The Morgan fingerprint density at radius 2 is 1.91 bits per heavy atom. The molecule has 0 aliphatic rings. The van der Waals surface area contributed by atoms with E-state index in [0.717, 1.165) is 12.8 Å². The van der Waals surface area contributed by atoms with Crippen molar-refractivity contribution in [2.24, 2.45) is 0 Å². The Morgan fingerprint density at radius 3 is 2.27 bits per heavy atom. The van der Waals surface area contributed by atoms with Crippen LogP contribution in [0.3, 0.4) is 0 Å². The molecule has 0 unspecified atom stereocenters. The summed E-state index contributed by atoms with van der Waals surface area (Å²) in [7, 11) is -3.02. The predicted molar refractivity (Wildman–Crippen MR) is 47.0 cm³/mol. The lowest BCUT2D eigenvalue weighted by Crippen LogP contribution is -2.31. The first-order valence-corrected chi connectivity index (χ1v) is 5.53. The van der Waals surface area contributed by atoms with Gasteiger partial charge in [0.15, 0.2) is 0 Å². The molecule has 0 heterocycles. The second-order valence-electron chi connectivity index (χ2n) is 2.84. The topological polar surface area (TPSA) is 46.2 Å². The van der Waals surface area contributed by atoms with Crippen LogP contribution >= 0.6 is 0 Å². The van der Waals surface area contributed by atoms with E-state index in [9.17, 15) is 8.42 Å². The maximum absolute atomic E-state index is 11.1. The van der Waals surface area contributed by atoms with Crippen LogP contribution in [0.1, 0.15) is 33.6 Å². The van der Waals surface area contributed by atoms with Crippen molar-refractivity contribution in [3.63, 3.8) is 0 Å². The van der Waals surface area contributed by atoms with Crippen molar-refractivity contribution in [1.29, 1.82) is 0 Å². The summed E-state index contributed by atoms with van der Waals surface area (Å²) in [6.07, 6.45) is 1.92. The summed E-state index contributed by atoms with van der Waals surface area (Å²) in [6.45, 7) is 5.95. The first-order valence-electron chi connectivity index (χ1n) is 3.99. The molecule has 0 radical (unpaired) electrons. The van der Waals surface area contributed by atoms with Gasteiger partial charge in [0, 0.05) is 6.54 Å². The van der Waals surface area contributed by atoms with E-state index < -0.39 is 10.0 Å². The molecule has 0 atom stereocenters. The molecule has 0 saturated carbocycles. The number of sulfonamides is 1. The van der Waals surface area contributed by atoms with Crippen molar-refractivity contribution in [3.05, 3.63) is 0 Å². The molecule has 1 N–H and O–H groups in total. The summed E-state index contributed by atoms with van der Waals surface area (Å²) in [5.74, 6) is 0. The fraction of sp³-hybridized carbons (Fsp3) is 1.00. The van der Waals surface area contributed by atoms with E-state index in [1.54, 1.807) is 13.8 Å². The highest BCUT2D eigenvalue weighted by Crippen LogP contribution is 1.95. The second kappa shape index (κ2) is 4.72. The zero-order chi connectivity index (χ0) is 8.91. The molecule has 0 aromatic rings. The number of hydrogen-bond donors (Lipinski definition) is 1. The van der Waals surface area contributed by atoms with Crippen LogP contribution in [0.5, 0.6) is 0 Å². The van der Waals surface area contributed by atoms with Gasteiger partial charge >= 0.3 is 0 Å². The van der Waals surface area contributed by atoms with Gasteiger partial charge in [-0.3, -0.25) is 0 Å². The Bertz CT molecular complexity index is 185. The average molecular weight is 179 g/mol. The zero-order valence-electron chi connectivity index (χ0n) is 7.42. The van der Waals surface area contributed by atoms with Crippen molar-refractivity contribution in [3.8, 4) is 0 Å². The largest absolute Gasteiger partial charge is 0.215 e. The van der Waals surface area contributed by atoms with Crippen LogP contribution in [-0.2, 0) is 10.0 Å². The first-order chi connectivity index (χ1) is 5.00. The predicted octanol–water partition coefficient (Wildman–Crippen LogP) is 1.11. The van der Waals surface area contributed by atoms with E-state index in [1.807, 2.05) is 6.92 Å². The molecular formula is C7H17NO2S. The van der Waals surface area contributed by atoms with Gasteiger partial charge in [-0.15, -0.1) is 0 Å². The lowest BCUT2D eigenvalue weighted by molar-refractivity contribution is 0.569. The van der Waals surface area contributed by atoms with E-state index in [2.05, 4.69) is 4.72 Å². The van der Waals surface area contributed by atoms with Gasteiger partial charge in [-0.05, 0) is 20.3 Å². The zero-order valence-corrected chi connectivity index (χ0v) is 8.24.